The Balaban J connectivity index is 0. The fraction of sp³-hybridized carbons (Fsp3) is 0.750. The number of hydrogen-bond acceptors (Lipinski definition) is 5. The van der Waals surface area contributed by atoms with Crippen molar-refractivity contribution in [1.82, 2.24) is 0 Å². The number of esters is 1. The van der Waals surface area contributed by atoms with Crippen molar-refractivity contribution in [2.45, 2.75) is 71.6 Å². The molecule has 2 aliphatic rings. The molecule has 22 heavy (non-hydrogen) atoms. The van der Waals surface area contributed by atoms with Gasteiger partial charge in [0.1, 0.15) is 12.1 Å². The lowest BCUT2D eigenvalue weighted by atomic mass is 10.00. The van der Waals surface area contributed by atoms with Crippen LogP contribution in [-0.2, 0) is 23.9 Å². The second-order valence-electron chi connectivity index (χ2n) is 4.89. The molecule has 0 aromatic rings. The van der Waals surface area contributed by atoms with Gasteiger partial charge in [0, 0.05) is 26.2 Å². The van der Waals surface area contributed by atoms with Crippen LogP contribution in [0.4, 0.5) is 0 Å². The predicted octanol–water partition coefficient (Wildman–Crippen LogP) is 2.92. The second-order valence-corrected chi connectivity index (χ2v) is 4.89. The highest BCUT2D eigenvalue weighted by Gasteiger charge is 2.06. The number of ketones is 1. The molecule has 0 amide bonds. The Morgan fingerprint density at radius 2 is 1.41 bits per heavy atom. The molecule has 1 aliphatic carbocycles. The molecule has 6 heteroatoms. The Bertz CT molecular complexity index is 303. The summed E-state index contributed by atoms with van der Waals surface area (Å²) in [6.45, 7) is 3.17. The summed E-state index contributed by atoms with van der Waals surface area (Å²) in [5, 5.41) is 7.42. The lowest BCUT2D eigenvalue weighted by molar-refractivity contribution is -0.142. The number of aldehydes is 1. The summed E-state index contributed by atoms with van der Waals surface area (Å²) in [6.07, 6.45) is 9.82. The Morgan fingerprint density at radius 3 is 1.82 bits per heavy atom. The van der Waals surface area contributed by atoms with Gasteiger partial charge < -0.3 is 14.6 Å². The van der Waals surface area contributed by atoms with Crippen LogP contribution in [0.5, 0.6) is 0 Å². The fourth-order valence-electron chi connectivity index (χ4n) is 1.75. The van der Waals surface area contributed by atoms with Gasteiger partial charge >= 0.3 is 5.97 Å². The van der Waals surface area contributed by atoms with E-state index >= 15 is 0 Å². The van der Waals surface area contributed by atoms with Crippen LogP contribution in [0.15, 0.2) is 0 Å². The van der Waals surface area contributed by atoms with Gasteiger partial charge in [-0.15, -0.1) is 0 Å². The molecule has 1 heterocycles. The molecule has 0 aromatic heterocycles. The Morgan fingerprint density at radius 1 is 1.00 bits per heavy atom. The minimum atomic E-state index is -0.833. The first-order chi connectivity index (χ1) is 10.4. The summed E-state index contributed by atoms with van der Waals surface area (Å²) in [4.78, 5) is 38.7. The van der Waals surface area contributed by atoms with Gasteiger partial charge in [-0.1, -0.05) is 6.42 Å². The zero-order valence-electron chi connectivity index (χ0n) is 13.6. The molecule has 0 unspecified atom stereocenters. The highest BCUT2D eigenvalue weighted by molar-refractivity contribution is 5.78. The number of hydrogen-bond donors (Lipinski definition) is 1. The van der Waals surface area contributed by atoms with Crippen molar-refractivity contribution in [3.63, 3.8) is 0 Å². The molecule has 2 rings (SSSR count). The van der Waals surface area contributed by atoms with Crippen LogP contribution >= 0.6 is 0 Å². The Hall–Kier alpha value is -1.72. The van der Waals surface area contributed by atoms with Crippen molar-refractivity contribution in [2.24, 2.45) is 0 Å². The van der Waals surface area contributed by atoms with Gasteiger partial charge in [-0.25, -0.2) is 0 Å². The summed E-state index contributed by atoms with van der Waals surface area (Å²) in [5.41, 5.74) is 0. The van der Waals surface area contributed by atoms with E-state index in [2.05, 4.69) is 0 Å². The van der Waals surface area contributed by atoms with Crippen LogP contribution in [0.3, 0.4) is 0 Å². The van der Waals surface area contributed by atoms with Gasteiger partial charge in [0.05, 0.1) is 6.61 Å². The van der Waals surface area contributed by atoms with Gasteiger partial charge in [-0.05, 0) is 39.0 Å². The number of cyclic esters (lactones) is 1. The van der Waals surface area contributed by atoms with E-state index in [4.69, 9.17) is 19.4 Å². The maximum atomic E-state index is 10.5. The molecule has 0 spiro atoms. The minimum absolute atomic E-state index is 0.0255. The fourth-order valence-corrected chi connectivity index (χ4v) is 1.75. The summed E-state index contributed by atoms with van der Waals surface area (Å²) in [7, 11) is 0. The molecule has 1 saturated carbocycles. The monoisotopic (exact) mass is 316 g/mol. The van der Waals surface area contributed by atoms with Crippen LogP contribution in [0.2, 0.25) is 0 Å². The topological polar surface area (TPSA) is 97.7 Å². The normalized spacial score (nSPS) is 16.8. The number of aliphatic carboxylic acids is 1. The third-order valence-electron chi connectivity index (χ3n) is 2.70. The predicted molar refractivity (Wildman–Crippen MR) is 82.6 cm³/mol. The van der Waals surface area contributed by atoms with E-state index < -0.39 is 5.97 Å². The molecule has 1 aliphatic heterocycles. The molecule has 2 fully saturated rings. The van der Waals surface area contributed by atoms with Gasteiger partial charge in [0.2, 0.25) is 0 Å². The highest BCUT2D eigenvalue weighted by atomic mass is 16.5. The largest absolute Gasteiger partial charge is 0.481 e. The van der Waals surface area contributed by atoms with E-state index in [1.807, 2.05) is 0 Å². The number of rotatable bonds is 0. The van der Waals surface area contributed by atoms with E-state index in [1.54, 1.807) is 0 Å². The summed E-state index contributed by atoms with van der Waals surface area (Å²) < 4.78 is 4.76. The van der Waals surface area contributed by atoms with Crippen LogP contribution in [0.25, 0.3) is 0 Å². The molecule has 1 N–H and O–H groups in total. The molecule has 0 radical (unpaired) electrons. The molecule has 0 aromatic carbocycles. The van der Waals surface area contributed by atoms with Crippen molar-refractivity contribution < 1.29 is 29.0 Å². The molecule has 0 bridgehead atoms. The van der Waals surface area contributed by atoms with E-state index in [1.165, 1.54) is 13.3 Å². The Labute approximate surface area is 132 Å². The number of carbonyl (C=O) groups excluding carboxylic acids is 3. The molecular formula is C16H28O6. The zero-order chi connectivity index (χ0) is 17.2. The first-order valence-electron chi connectivity index (χ1n) is 7.70. The van der Waals surface area contributed by atoms with Crippen LogP contribution in [0, 0.1) is 0 Å². The quantitative estimate of drug-likeness (QED) is 0.545. The van der Waals surface area contributed by atoms with Crippen LogP contribution in [0.1, 0.15) is 71.6 Å². The average Bonchev–Trinajstić information content (AvgIpc) is 2.68. The number of carboxylic acid groups (broad SMARTS) is 1. The second kappa shape index (κ2) is 17.3. The number of carbonyl (C=O) groups is 4. The van der Waals surface area contributed by atoms with Crippen LogP contribution in [-0.4, -0.2) is 35.7 Å². The third kappa shape index (κ3) is 23.4. The van der Waals surface area contributed by atoms with E-state index in [-0.39, 0.29) is 5.97 Å². The van der Waals surface area contributed by atoms with Gasteiger partial charge in [-0.3, -0.25) is 14.4 Å². The van der Waals surface area contributed by atoms with Gasteiger partial charge in [0.25, 0.3) is 5.97 Å². The van der Waals surface area contributed by atoms with Crippen molar-refractivity contribution in [3.8, 4) is 0 Å². The van der Waals surface area contributed by atoms with E-state index in [9.17, 15) is 9.59 Å². The molecule has 6 nitrogen and oxygen atoms in total. The Kier molecular flexibility index (Phi) is 17.8. The lowest BCUT2D eigenvalue weighted by Gasteiger charge is -2.05. The van der Waals surface area contributed by atoms with Gasteiger partial charge in [0.15, 0.2) is 0 Å². The summed E-state index contributed by atoms with van der Waals surface area (Å²) in [5.74, 6) is -0.395. The average molecular weight is 316 g/mol. The first kappa shape index (κ1) is 22.6. The zero-order valence-corrected chi connectivity index (χ0v) is 13.6. The van der Waals surface area contributed by atoms with E-state index in [0.717, 1.165) is 58.2 Å². The van der Waals surface area contributed by atoms with Crippen molar-refractivity contribution in [2.75, 3.05) is 6.61 Å². The lowest BCUT2D eigenvalue weighted by Crippen LogP contribution is -2.02. The molecule has 0 atom stereocenters. The third-order valence-corrected chi connectivity index (χ3v) is 2.70. The van der Waals surface area contributed by atoms with E-state index in [0.29, 0.717) is 18.8 Å². The van der Waals surface area contributed by atoms with Crippen molar-refractivity contribution in [1.29, 1.82) is 0 Å². The van der Waals surface area contributed by atoms with Crippen molar-refractivity contribution in [3.05, 3.63) is 0 Å². The van der Waals surface area contributed by atoms with Gasteiger partial charge in [-0.2, -0.15) is 0 Å². The number of carboxylic acids is 1. The van der Waals surface area contributed by atoms with Crippen molar-refractivity contribution >= 4 is 24.0 Å². The van der Waals surface area contributed by atoms with Crippen LogP contribution < -0.4 is 0 Å². The number of Topliss-reactive ketones (excluding diaryl/α,β-unsaturated/α-hetero) is 1. The summed E-state index contributed by atoms with van der Waals surface area (Å²) >= 11 is 0. The smallest absolute Gasteiger partial charge is 0.305 e. The maximum Gasteiger partial charge on any atom is 0.305 e. The highest BCUT2D eigenvalue weighted by Crippen LogP contribution is 2.12. The SMILES string of the molecule is CC(=O)O.CC=O.O=C1CCCCC1.O=C1CCCCCO1. The standard InChI is InChI=1S/C6H10O2.C6H10O.C2H4O2.C2H4O/c7-6-4-2-1-3-5-8-6;7-6-4-2-1-3-5-6;1-2(3)4;1-2-3/h1-5H2;1-5H2;1H3,(H,3,4);2H,1H3. The summed E-state index contributed by atoms with van der Waals surface area (Å²) in [6, 6.07) is 0. The molecular weight excluding hydrogens is 288 g/mol. The molecule has 1 saturated heterocycles. The minimum Gasteiger partial charge on any atom is -0.481 e. The number of ether oxygens (including phenoxy) is 1. The maximum absolute atomic E-state index is 10.5. The first-order valence-corrected chi connectivity index (χ1v) is 7.70. The molecule has 128 valence electrons.